The average molecular weight is 317 g/mol. The molecule has 0 spiro atoms. The number of aryl methyl sites for hydroxylation is 3. The zero-order valence-electron chi connectivity index (χ0n) is 14.3. The second kappa shape index (κ2) is 5.77. The molecule has 0 N–H and O–H groups in total. The van der Waals surface area contributed by atoms with Gasteiger partial charge in [0.1, 0.15) is 6.54 Å². The number of rotatable bonds is 1. The molecule has 0 atom stereocenters. The fourth-order valence-electron chi connectivity index (χ4n) is 4.79. The quantitative estimate of drug-likeness (QED) is 0.721. The van der Waals surface area contributed by atoms with Crippen molar-refractivity contribution in [3.63, 3.8) is 0 Å². The van der Waals surface area contributed by atoms with E-state index in [1.807, 2.05) is 0 Å². The van der Waals surface area contributed by atoms with Gasteiger partial charge in [-0.1, -0.05) is 0 Å². The van der Waals surface area contributed by atoms with Crippen molar-refractivity contribution in [3.05, 3.63) is 58.9 Å². The lowest BCUT2D eigenvalue weighted by Crippen LogP contribution is -2.40. The van der Waals surface area contributed by atoms with Crippen molar-refractivity contribution in [1.82, 2.24) is 0 Å². The van der Waals surface area contributed by atoms with Gasteiger partial charge in [0.05, 0.1) is 0 Å². The molecule has 2 nitrogen and oxygen atoms in total. The summed E-state index contributed by atoms with van der Waals surface area (Å²) in [6, 6.07) is 11.5. The summed E-state index contributed by atoms with van der Waals surface area (Å²) >= 11 is 0. The van der Waals surface area contributed by atoms with E-state index in [9.17, 15) is 0 Å². The maximum absolute atomic E-state index is 2.63. The molecule has 0 radical (unpaired) electrons. The minimum absolute atomic E-state index is 1.15. The lowest BCUT2D eigenvalue weighted by Gasteiger charge is -2.37. The number of pyridine rings is 1. The number of hydrogen-bond donors (Lipinski definition) is 0. The van der Waals surface area contributed by atoms with Crippen LogP contribution in [0.2, 0.25) is 0 Å². The molecule has 5 rings (SSSR count). The molecule has 4 heterocycles. The molecule has 2 aromatic rings. The van der Waals surface area contributed by atoms with Gasteiger partial charge < -0.3 is 4.90 Å². The zero-order chi connectivity index (χ0) is 15.9. The van der Waals surface area contributed by atoms with Crippen LogP contribution in [-0.2, 0) is 19.4 Å². The topological polar surface area (TPSA) is 7.12 Å². The normalized spacial score (nSPS) is 20.7. The van der Waals surface area contributed by atoms with Crippen LogP contribution >= 0.6 is 0 Å². The van der Waals surface area contributed by atoms with Crippen LogP contribution in [0.3, 0.4) is 0 Å². The Morgan fingerprint density at radius 2 is 1.71 bits per heavy atom. The largest absolute Gasteiger partial charge is 0.371 e. The number of allylic oxidation sites excluding steroid dienone is 1. The van der Waals surface area contributed by atoms with E-state index >= 15 is 0 Å². The molecule has 122 valence electrons. The molecule has 0 saturated heterocycles. The Kier molecular flexibility index (Phi) is 3.43. The standard InChI is InChI=1S/C22H25N2/c1-2-10-23-11-3-6-18(21(23)9-1)14-17-15-19-7-4-12-24-13-5-8-20(16-17)22(19)24/h1-2,9-10,14-16H,3-8,11-13H2/q+1. The fourth-order valence-corrected chi connectivity index (χ4v) is 4.79. The van der Waals surface area contributed by atoms with Gasteiger partial charge in [-0.3, -0.25) is 0 Å². The van der Waals surface area contributed by atoms with Crippen molar-refractivity contribution in [1.29, 1.82) is 0 Å². The third kappa shape index (κ3) is 2.36. The van der Waals surface area contributed by atoms with E-state index in [1.54, 1.807) is 16.8 Å². The van der Waals surface area contributed by atoms with Crippen molar-refractivity contribution in [2.24, 2.45) is 0 Å². The Hall–Kier alpha value is -2.09. The molecule has 24 heavy (non-hydrogen) atoms. The highest BCUT2D eigenvalue weighted by Gasteiger charge is 2.25. The van der Waals surface area contributed by atoms with E-state index in [-0.39, 0.29) is 0 Å². The Bertz CT molecular complexity index is 787. The number of hydrogen-bond acceptors (Lipinski definition) is 1. The summed E-state index contributed by atoms with van der Waals surface area (Å²) in [6.07, 6.45) is 12.2. The summed E-state index contributed by atoms with van der Waals surface area (Å²) in [6.45, 7) is 3.66. The lowest BCUT2D eigenvalue weighted by molar-refractivity contribution is -0.702. The van der Waals surface area contributed by atoms with Gasteiger partial charge in [-0.25, -0.2) is 0 Å². The monoisotopic (exact) mass is 317 g/mol. The molecular formula is C22H25N2+. The SMILES string of the molecule is C(=C1/CCC[n+]2ccccc21)/c1cc2c3c(c1)CCCN3CCC2. The number of nitrogens with zero attached hydrogens (tertiary/aromatic N) is 2. The predicted octanol–water partition coefficient (Wildman–Crippen LogP) is 4.01. The highest BCUT2D eigenvalue weighted by atomic mass is 15.1. The third-order valence-electron chi connectivity index (χ3n) is 5.81. The first-order valence-electron chi connectivity index (χ1n) is 9.49. The third-order valence-corrected chi connectivity index (χ3v) is 5.81. The number of benzene rings is 1. The average Bonchev–Trinajstić information content (AvgIpc) is 2.63. The number of fused-ring (bicyclic) bond motifs is 1. The summed E-state index contributed by atoms with van der Waals surface area (Å²) in [7, 11) is 0. The van der Waals surface area contributed by atoms with Crippen molar-refractivity contribution in [3.8, 4) is 0 Å². The van der Waals surface area contributed by atoms with E-state index in [0.717, 1.165) is 6.54 Å². The summed E-state index contributed by atoms with van der Waals surface area (Å²) in [5, 5.41) is 0. The fraction of sp³-hybridized carbons (Fsp3) is 0.409. The molecule has 0 amide bonds. The second-order valence-electron chi connectivity index (χ2n) is 7.43. The molecule has 1 aromatic carbocycles. The predicted molar refractivity (Wildman–Crippen MR) is 99.0 cm³/mol. The smallest absolute Gasteiger partial charge is 0.208 e. The summed E-state index contributed by atoms with van der Waals surface area (Å²) in [4.78, 5) is 2.63. The molecule has 0 saturated carbocycles. The van der Waals surface area contributed by atoms with Crippen LogP contribution in [0, 0.1) is 0 Å². The molecule has 3 aliphatic heterocycles. The molecule has 0 fully saturated rings. The van der Waals surface area contributed by atoms with Gasteiger partial charge in [0.2, 0.25) is 5.69 Å². The Balaban J connectivity index is 1.59. The van der Waals surface area contributed by atoms with Crippen LogP contribution in [0.15, 0.2) is 36.5 Å². The van der Waals surface area contributed by atoms with Crippen LogP contribution in [0.4, 0.5) is 5.69 Å². The van der Waals surface area contributed by atoms with E-state index in [4.69, 9.17) is 0 Å². The Labute approximate surface area is 144 Å². The molecule has 1 aromatic heterocycles. The number of aromatic nitrogens is 1. The maximum Gasteiger partial charge on any atom is 0.208 e. The summed E-state index contributed by atoms with van der Waals surface area (Å²) in [5.74, 6) is 0. The highest BCUT2D eigenvalue weighted by Crippen LogP contribution is 2.37. The molecular weight excluding hydrogens is 292 g/mol. The molecule has 0 aliphatic carbocycles. The van der Waals surface area contributed by atoms with Crippen LogP contribution in [0.25, 0.3) is 11.6 Å². The van der Waals surface area contributed by atoms with E-state index in [0.29, 0.717) is 0 Å². The Morgan fingerprint density at radius 3 is 2.50 bits per heavy atom. The van der Waals surface area contributed by atoms with Crippen molar-refractivity contribution in [2.75, 3.05) is 18.0 Å². The van der Waals surface area contributed by atoms with Crippen LogP contribution in [-0.4, -0.2) is 13.1 Å². The van der Waals surface area contributed by atoms with Gasteiger partial charge in [-0.15, -0.1) is 0 Å². The van der Waals surface area contributed by atoms with Gasteiger partial charge in [-0.2, -0.15) is 4.57 Å². The van der Waals surface area contributed by atoms with E-state index in [2.05, 4.69) is 52.1 Å². The van der Waals surface area contributed by atoms with Gasteiger partial charge in [-0.05, 0) is 73.1 Å². The summed E-state index contributed by atoms with van der Waals surface area (Å²) in [5.41, 5.74) is 9.06. The van der Waals surface area contributed by atoms with Crippen LogP contribution in [0.5, 0.6) is 0 Å². The van der Waals surface area contributed by atoms with E-state index < -0.39 is 0 Å². The van der Waals surface area contributed by atoms with Gasteiger partial charge in [0, 0.05) is 42.9 Å². The van der Waals surface area contributed by atoms with Crippen molar-refractivity contribution < 1.29 is 4.57 Å². The molecule has 2 heteroatoms. The first kappa shape index (κ1) is 14.3. The Morgan fingerprint density at radius 1 is 0.917 bits per heavy atom. The first-order valence-corrected chi connectivity index (χ1v) is 9.49. The van der Waals surface area contributed by atoms with Crippen LogP contribution < -0.4 is 9.47 Å². The van der Waals surface area contributed by atoms with Gasteiger partial charge in [0.15, 0.2) is 6.20 Å². The van der Waals surface area contributed by atoms with Crippen LogP contribution in [0.1, 0.15) is 48.1 Å². The maximum atomic E-state index is 2.63. The van der Waals surface area contributed by atoms with Gasteiger partial charge >= 0.3 is 0 Å². The molecule has 0 bridgehead atoms. The lowest BCUT2D eigenvalue weighted by atomic mass is 9.89. The molecule has 0 unspecified atom stereocenters. The van der Waals surface area contributed by atoms with Crippen molar-refractivity contribution in [2.45, 2.75) is 45.1 Å². The first-order chi connectivity index (χ1) is 11.9. The minimum atomic E-state index is 1.15. The van der Waals surface area contributed by atoms with Crippen molar-refractivity contribution >= 4 is 17.3 Å². The summed E-state index contributed by atoms with van der Waals surface area (Å²) < 4.78 is 2.40. The highest BCUT2D eigenvalue weighted by molar-refractivity contribution is 5.81. The van der Waals surface area contributed by atoms with Gasteiger partial charge in [0.25, 0.3) is 0 Å². The second-order valence-corrected chi connectivity index (χ2v) is 7.43. The van der Waals surface area contributed by atoms with E-state index in [1.165, 1.54) is 68.4 Å². The minimum Gasteiger partial charge on any atom is -0.371 e. The number of anilines is 1. The zero-order valence-corrected chi connectivity index (χ0v) is 14.3. The molecule has 3 aliphatic rings.